The average molecular weight is 286 g/mol. The Morgan fingerprint density at radius 3 is 1.95 bits per heavy atom. The zero-order chi connectivity index (χ0) is 15.6. The Balaban J connectivity index is 4.30. The predicted molar refractivity (Wildman–Crippen MR) is 81.4 cm³/mol. The van der Waals surface area contributed by atoms with Crippen LogP contribution in [0.4, 0.5) is 4.79 Å². The average Bonchev–Trinajstić information content (AvgIpc) is 2.42. The Kier molecular flexibility index (Phi) is 8.96. The molecule has 118 valence electrons. The van der Waals surface area contributed by atoms with Crippen LogP contribution in [0.1, 0.15) is 39.5 Å². The first-order chi connectivity index (χ1) is 9.43. The topological polar surface area (TPSA) is 87.5 Å². The summed E-state index contributed by atoms with van der Waals surface area (Å²) in [6.45, 7) is 5.33. The molecular weight excluding hydrogens is 256 g/mol. The number of urea groups is 1. The first-order valence-corrected chi connectivity index (χ1v) is 7.37. The van der Waals surface area contributed by atoms with Crippen molar-refractivity contribution in [1.82, 2.24) is 15.5 Å². The molecule has 20 heavy (non-hydrogen) atoms. The van der Waals surface area contributed by atoms with Crippen LogP contribution in [0.3, 0.4) is 0 Å². The lowest BCUT2D eigenvalue weighted by Crippen LogP contribution is -2.48. The van der Waals surface area contributed by atoms with Gasteiger partial charge < -0.3 is 21.3 Å². The lowest BCUT2D eigenvalue weighted by atomic mass is 9.78. The number of rotatable bonds is 9. The maximum absolute atomic E-state index is 12.3. The van der Waals surface area contributed by atoms with E-state index in [1.807, 2.05) is 0 Å². The van der Waals surface area contributed by atoms with Gasteiger partial charge in [0.1, 0.15) is 0 Å². The molecule has 3 amide bonds. The van der Waals surface area contributed by atoms with E-state index in [1.54, 1.807) is 14.1 Å². The Hall–Kier alpha value is -1.30. The number of nitrogens with zero attached hydrogens (tertiary/aromatic N) is 1. The van der Waals surface area contributed by atoms with E-state index < -0.39 is 5.41 Å². The summed E-state index contributed by atoms with van der Waals surface area (Å²) in [4.78, 5) is 25.1. The van der Waals surface area contributed by atoms with E-state index in [0.29, 0.717) is 19.6 Å². The lowest BCUT2D eigenvalue weighted by molar-refractivity contribution is -0.131. The molecule has 0 saturated carbocycles. The van der Waals surface area contributed by atoms with Crippen molar-refractivity contribution < 1.29 is 9.59 Å². The van der Waals surface area contributed by atoms with Crippen LogP contribution in [-0.4, -0.2) is 50.6 Å². The molecule has 0 aromatic rings. The smallest absolute Gasteiger partial charge is 0.316 e. The van der Waals surface area contributed by atoms with Crippen LogP contribution in [0.5, 0.6) is 0 Å². The standard InChI is InChI=1S/C14H30N4O2/c1-5-7-14(11-15,8-6-2)12(19)16-9-10-17-13(20)18(3)4/h5-11,15H2,1-4H3,(H,16,19)(H,17,20). The largest absolute Gasteiger partial charge is 0.354 e. The molecule has 0 aromatic heterocycles. The normalized spacial score (nSPS) is 11.1. The van der Waals surface area contributed by atoms with Crippen LogP contribution >= 0.6 is 0 Å². The Morgan fingerprint density at radius 1 is 1.05 bits per heavy atom. The van der Waals surface area contributed by atoms with Gasteiger partial charge in [0.2, 0.25) is 5.91 Å². The molecule has 0 aliphatic carbocycles. The molecule has 0 heterocycles. The molecule has 0 rings (SSSR count). The number of amides is 3. The first-order valence-electron chi connectivity index (χ1n) is 7.37. The third kappa shape index (κ3) is 5.77. The zero-order valence-corrected chi connectivity index (χ0v) is 13.3. The fraction of sp³-hybridized carbons (Fsp3) is 0.857. The molecule has 0 radical (unpaired) electrons. The molecule has 0 aliphatic heterocycles. The van der Waals surface area contributed by atoms with Crippen molar-refractivity contribution >= 4 is 11.9 Å². The van der Waals surface area contributed by atoms with E-state index in [0.717, 1.165) is 25.7 Å². The predicted octanol–water partition coefficient (Wildman–Crippen LogP) is 0.919. The fourth-order valence-electron chi connectivity index (χ4n) is 2.30. The highest BCUT2D eigenvalue weighted by molar-refractivity contribution is 5.83. The molecular formula is C14H30N4O2. The van der Waals surface area contributed by atoms with Crippen LogP contribution in [0.2, 0.25) is 0 Å². The molecule has 0 spiro atoms. The van der Waals surface area contributed by atoms with Crippen molar-refractivity contribution in [1.29, 1.82) is 0 Å². The van der Waals surface area contributed by atoms with Gasteiger partial charge >= 0.3 is 6.03 Å². The number of hydrogen-bond donors (Lipinski definition) is 3. The molecule has 6 heteroatoms. The first kappa shape index (κ1) is 18.7. The Bertz CT molecular complexity index is 300. The third-order valence-corrected chi connectivity index (χ3v) is 3.42. The van der Waals surface area contributed by atoms with Crippen LogP contribution < -0.4 is 16.4 Å². The summed E-state index contributed by atoms with van der Waals surface area (Å²) in [5.41, 5.74) is 5.37. The van der Waals surface area contributed by atoms with Crippen molar-refractivity contribution in [2.45, 2.75) is 39.5 Å². The van der Waals surface area contributed by atoms with E-state index in [2.05, 4.69) is 24.5 Å². The maximum Gasteiger partial charge on any atom is 0.316 e. The number of hydrogen-bond acceptors (Lipinski definition) is 3. The monoisotopic (exact) mass is 286 g/mol. The van der Waals surface area contributed by atoms with Gasteiger partial charge in [0.25, 0.3) is 0 Å². The Morgan fingerprint density at radius 2 is 1.55 bits per heavy atom. The minimum atomic E-state index is -0.463. The van der Waals surface area contributed by atoms with Gasteiger partial charge in [-0.05, 0) is 12.8 Å². The summed E-state index contributed by atoms with van der Waals surface area (Å²) in [7, 11) is 3.35. The molecule has 0 bridgehead atoms. The van der Waals surface area contributed by atoms with Gasteiger partial charge in [-0.2, -0.15) is 0 Å². The van der Waals surface area contributed by atoms with Crippen molar-refractivity contribution in [3.05, 3.63) is 0 Å². The number of nitrogens with one attached hydrogen (secondary N) is 2. The summed E-state index contributed by atoms with van der Waals surface area (Å²) >= 11 is 0. The van der Waals surface area contributed by atoms with Crippen LogP contribution in [-0.2, 0) is 4.79 Å². The summed E-state index contributed by atoms with van der Waals surface area (Å²) in [6.07, 6.45) is 3.46. The van der Waals surface area contributed by atoms with Gasteiger partial charge in [0, 0.05) is 33.7 Å². The van der Waals surface area contributed by atoms with Gasteiger partial charge in [-0.3, -0.25) is 4.79 Å². The second-order valence-electron chi connectivity index (χ2n) is 5.37. The Labute approximate surface area is 122 Å². The highest BCUT2D eigenvalue weighted by Crippen LogP contribution is 2.28. The number of carbonyl (C=O) groups is 2. The minimum Gasteiger partial charge on any atom is -0.354 e. The summed E-state index contributed by atoms with van der Waals surface area (Å²) < 4.78 is 0. The van der Waals surface area contributed by atoms with Gasteiger partial charge in [0.05, 0.1) is 5.41 Å². The van der Waals surface area contributed by atoms with Crippen molar-refractivity contribution in [3.8, 4) is 0 Å². The van der Waals surface area contributed by atoms with Gasteiger partial charge in [-0.15, -0.1) is 0 Å². The zero-order valence-electron chi connectivity index (χ0n) is 13.3. The molecule has 4 N–H and O–H groups in total. The van der Waals surface area contributed by atoms with Gasteiger partial charge in [0.15, 0.2) is 0 Å². The van der Waals surface area contributed by atoms with Crippen LogP contribution in [0, 0.1) is 5.41 Å². The van der Waals surface area contributed by atoms with E-state index in [1.165, 1.54) is 4.90 Å². The fourth-order valence-corrected chi connectivity index (χ4v) is 2.30. The molecule has 0 aromatic carbocycles. The molecule has 6 nitrogen and oxygen atoms in total. The number of nitrogens with two attached hydrogens (primary N) is 1. The van der Waals surface area contributed by atoms with E-state index in [4.69, 9.17) is 5.73 Å². The summed E-state index contributed by atoms with van der Waals surface area (Å²) in [5.74, 6) is 0.00259. The van der Waals surface area contributed by atoms with Gasteiger partial charge in [-0.1, -0.05) is 26.7 Å². The summed E-state index contributed by atoms with van der Waals surface area (Å²) in [6, 6.07) is -0.161. The maximum atomic E-state index is 12.3. The van der Waals surface area contributed by atoms with Crippen molar-refractivity contribution in [3.63, 3.8) is 0 Å². The second kappa shape index (κ2) is 9.58. The van der Waals surface area contributed by atoms with Gasteiger partial charge in [-0.25, -0.2) is 4.79 Å². The lowest BCUT2D eigenvalue weighted by Gasteiger charge is -2.30. The summed E-state index contributed by atoms with van der Waals surface area (Å²) in [5, 5.41) is 5.60. The molecule has 0 unspecified atom stereocenters. The number of carbonyl (C=O) groups excluding carboxylic acids is 2. The van der Waals surface area contributed by atoms with Crippen molar-refractivity contribution in [2.24, 2.45) is 11.1 Å². The van der Waals surface area contributed by atoms with Crippen LogP contribution in [0.25, 0.3) is 0 Å². The molecule has 0 atom stereocenters. The minimum absolute atomic E-state index is 0.00259. The highest BCUT2D eigenvalue weighted by atomic mass is 16.2. The SMILES string of the molecule is CCCC(CN)(CCC)C(=O)NCCNC(=O)N(C)C. The van der Waals surface area contributed by atoms with E-state index in [-0.39, 0.29) is 11.9 Å². The van der Waals surface area contributed by atoms with Crippen molar-refractivity contribution in [2.75, 3.05) is 33.7 Å². The van der Waals surface area contributed by atoms with E-state index >= 15 is 0 Å². The molecule has 0 fully saturated rings. The molecule has 0 saturated heterocycles. The highest BCUT2D eigenvalue weighted by Gasteiger charge is 2.34. The quantitative estimate of drug-likeness (QED) is 0.551. The third-order valence-electron chi connectivity index (χ3n) is 3.42. The van der Waals surface area contributed by atoms with E-state index in [9.17, 15) is 9.59 Å². The second-order valence-corrected chi connectivity index (χ2v) is 5.37. The molecule has 0 aliphatic rings. The van der Waals surface area contributed by atoms with Crippen LogP contribution in [0.15, 0.2) is 0 Å².